The molecule has 1 heterocycles. The van der Waals surface area contributed by atoms with E-state index < -0.39 is 5.56 Å². The molecule has 27 heavy (non-hydrogen) atoms. The van der Waals surface area contributed by atoms with Gasteiger partial charge in [-0.15, -0.1) is 0 Å². The second-order valence-corrected chi connectivity index (χ2v) is 6.80. The number of anilines is 1. The summed E-state index contributed by atoms with van der Waals surface area (Å²) in [7, 11) is 0. The standard InChI is InChI=1S/C19H20ClN5O2/c1-12-9-23-25(19(27)18(12)20)11-17(26)24-16-7-15(16)13(8-21)10-22-14-5-3-2-4-6-14/h2-6,8-10,15-16,21-22H,7,11H2,1H3,(H,24,26)/b13-10+,21-8?. The van der Waals surface area contributed by atoms with Gasteiger partial charge in [0.1, 0.15) is 11.6 Å². The summed E-state index contributed by atoms with van der Waals surface area (Å²) in [6.07, 6.45) is 5.28. The van der Waals surface area contributed by atoms with Gasteiger partial charge in [-0.2, -0.15) is 5.10 Å². The van der Waals surface area contributed by atoms with Crippen molar-refractivity contribution in [2.24, 2.45) is 5.92 Å². The first-order chi connectivity index (χ1) is 13.0. The van der Waals surface area contributed by atoms with Crippen molar-refractivity contribution in [1.29, 1.82) is 5.41 Å². The SMILES string of the molecule is Cc1cnn(CC(=O)NC2CC2/C(C=N)=C/Nc2ccccc2)c(=O)c1Cl. The van der Waals surface area contributed by atoms with Gasteiger partial charge < -0.3 is 16.0 Å². The number of aryl methyl sites for hydroxylation is 1. The predicted molar refractivity (Wildman–Crippen MR) is 105 cm³/mol. The molecule has 0 saturated heterocycles. The molecule has 140 valence electrons. The van der Waals surface area contributed by atoms with E-state index in [1.807, 2.05) is 30.3 Å². The Morgan fingerprint density at radius 1 is 1.41 bits per heavy atom. The van der Waals surface area contributed by atoms with Gasteiger partial charge in [0.2, 0.25) is 5.91 Å². The normalized spacial score (nSPS) is 18.7. The zero-order valence-corrected chi connectivity index (χ0v) is 15.5. The van der Waals surface area contributed by atoms with Crippen LogP contribution in [0.2, 0.25) is 5.02 Å². The van der Waals surface area contributed by atoms with E-state index in [0.29, 0.717) is 5.56 Å². The predicted octanol–water partition coefficient (Wildman–Crippen LogP) is 2.36. The smallest absolute Gasteiger partial charge is 0.286 e. The lowest BCUT2D eigenvalue weighted by atomic mass is 10.2. The molecule has 1 aromatic carbocycles. The first-order valence-electron chi connectivity index (χ1n) is 8.53. The molecule has 7 nitrogen and oxygen atoms in total. The Balaban J connectivity index is 1.56. The first kappa shape index (κ1) is 18.8. The van der Waals surface area contributed by atoms with Crippen LogP contribution in [0.5, 0.6) is 0 Å². The van der Waals surface area contributed by atoms with E-state index in [9.17, 15) is 9.59 Å². The molecule has 1 aliphatic carbocycles. The van der Waals surface area contributed by atoms with E-state index in [-0.39, 0.29) is 29.4 Å². The number of nitrogens with one attached hydrogen (secondary N) is 3. The van der Waals surface area contributed by atoms with Crippen LogP contribution in [0.3, 0.4) is 0 Å². The molecule has 8 heteroatoms. The summed E-state index contributed by atoms with van der Waals surface area (Å²) in [4.78, 5) is 24.2. The Morgan fingerprint density at radius 2 is 2.15 bits per heavy atom. The molecule has 0 radical (unpaired) electrons. The summed E-state index contributed by atoms with van der Waals surface area (Å²) in [6.45, 7) is 1.50. The number of hydrogen-bond donors (Lipinski definition) is 3. The van der Waals surface area contributed by atoms with E-state index in [0.717, 1.165) is 22.4 Å². The number of rotatable bonds is 7. The quantitative estimate of drug-likeness (QED) is 0.637. The van der Waals surface area contributed by atoms with Gasteiger partial charge in [0, 0.05) is 30.1 Å². The number of carbonyl (C=O) groups is 1. The van der Waals surface area contributed by atoms with Crippen LogP contribution < -0.4 is 16.2 Å². The van der Waals surface area contributed by atoms with Crippen molar-refractivity contribution < 1.29 is 4.79 Å². The molecule has 1 amide bonds. The molecule has 2 unspecified atom stereocenters. The number of para-hydroxylation sites is 1. The summed E-state index contributed by atoms with van der Waals surface area (Å²) in [6, 6.07) is 9.59. The van der Waals surface area contributed by atoms with Crippen LogP contribution in [0.25, 0.3) is 0 Å². The Labute approximate surface area is 161 Å². The second-order valence-electron chi connectivity index (χ2n) is 6.42. The Hall–Kier alpha value is -2.93. The van der Waals surface area contributed by atoms with Gasteiger partial charge in [0.25, 0.3) is 5.56 Å². The molecular formula is C19H20ClN5O2. The summed E-state index contributed by atoms with van der Waals surface area (Å²) in [5, 5.41) is 17.6. The van der Waals surface area contributed by atoms with Crippen LogP contribution in [0, 0.1) is 18.3 Å². The molecule has 2 atom stereocenters. The van der Waals surface area contributed by atoms with Crippen molar-refractivity contribution in [3.8, 4) is 0 Å². The number of aromatic nitrogens is 2. The highest BCUT2D eigenvalue weighted by molar-refractivity contribution is 6.31. The maximum Gasteiger partial charge on any atom is 0.286 e. The largest absolute Gasteiger partial charge is 0.361 e. The fourth-order valence-electron chi connectivity index (χ4n) is 2.73. The van der Waals surface area contributed by atoms with E-state index in [2.05, 4.69) is 15.7 Å². The topological polar surface area (TPSA) is 99.9 Å². The van der Waals surface area contributed by atoms with Crippen molar-refractivity contribution >= 4 is 29.4 Å². The van der Waals surface area contributed by atoms with Crippen molar-refractivity contribution in [2.45, 2.75) is 25.9 Å². The van der Waals surface area contributed by atoms with Gasteiger partial charge in [0.05, 0.1) is 6.20 Å². The molecule has 1 saturated carbocycles. The maximum atomic E-state index is 12.2. The number of amides is 1. The van der Waals surface area contributed by atoms with Crippen LogP contribution in [-0.2, 0) is 11.3 Å². The third-order valence-corrected chi connectivity index (χ3v) is 4.82. The van der Waals surface area contributed by atoms with E-state index in [1.165, 1.54) is 12.4 Å². The number of benzene rings is 1. The van der Waals surface area contributed by atoms with Gasteiger partial charge in [-0.3, -0.25) is 9.59 Å². The van der Waals surface area contributed by atoms with Crippen molar-refractivity contribution in [3.63, 3.8) is 0 Å². The van der Waals surface area contributed by atoms with E-state index in [4.69, 9.17) is 17.0 Å². The third-order valence-electron chi connectivity index (χ3n) is 4.36. The molecule has 0 spiro atoms. The van der Waals surface area contributed by atoms with Gasteiger partial charge >= 0.3 is 0 Å². The minimum atomic E-state index is -0.480. The van der Waals surface area contributed by atoms with Gasteiger partial charge in [-0.05, 0) is 36.6 Å². The average Bonchev–Trinajstić information content (AvgIpc) is 3.42. The fraction of sp³-hybridized carbons (Fsp3) is 0.263. The first-order valence-corrected chi connectivity index (χ1v) is 8.91. The number of nitrogens with zero attached hydrogens (tertiary/aromatic N) is 2. The Morgan fingerprint density at radius 3 is 2.85 bits per heavy atom. The highest BCUT2D eigenvalue weighted by atomic mass is 35.5. The fourth-order valence-corrected chi connectivity index (χ4v) is 2.87. The van der Waals surface area contributed by atoms with Gasteiger partial charge in [-0.1, -0.05) is 29.8 Å². The molecule has 0 bridgehead atoms. The monoisotopic (exact) mass is 385 g/mol. The summed E-state index contributed by atoms with van der Waals surface area (Å²) in [5.41, 5.74) is 1.83. The zero-order chi connectivity index (χ0) is 19.4. The van der Waals surface area contributed by atoms with Gasteiger partial charge in [0.15, 0.2) is 0 Å². The molecule has 3 rings (SSSR count). The minimum absolute atomic E-state index is 0.0560. The second kappa shape index (κ2) is 8.18. The lowest BCUT2D eigenvalue weighted by Gasteiger charge is -2.08. The average molecular weight is 386 g/mol. The van der Waals surface area contributed by atoms with Crippen LogP contribution in [0.1, 0.15) is 12.0 Å². The van der Waals surface area contributed by atoms with Crippen LogP contribution in [0.15, 0.2) is 53.1 Å². The summed E-state index contributed by atoms with van der Waals surface area (Å²) in [5.74, 6) is -0.230. The van der Waals surface area contributed by atoms with E-state index >= 15 is 0 Å². The maximum absolute atomic E-state index is 12.2. The molecular weight excluding hydrogens is 366 g/mol. The van der Waals surface area contributed by atoms with Crippen LogP contribution >= 0.6 is 11.6 Å². The molecule has 2 aromatic rings. The van der Waals surface area contributed by atoms with Crippen molar-refractivity contribution in [2.75, 3.05) is 5.32 Å². The molecule has 3 N–H and O–H groups in total. The summed E-state index contributed by atoms with van der Waals surface area (Å²) < 4.78 is 1.05. The lowest BCUT2D eigenvalue weighted by molar-refractivity contribution is -0.122. The van der Waals surface area contributed by atoms with Crippen LogP contribution in [0.4, 0.5) is 5.69 Å². The number of hydrogen-bond acceptors (Lipinski definition) is 5. The highest BCUT2D eigenvalue weighted by Crippen LogP contribution is 2.36. The molecule has 1 aromatic heterocycles. The van der Waals surface area contributed by atoms with E-state index in [1.54, 1.807) is 13.1 Å². The van der Waals surface area contributed by atoms with Crippen molar-refractivity contribution in [3.05, 3.63) is 69.2 Å². The zero-order valence-electron chi connectivity index (χ0n) is 14.8. The summed E-state index contributed by atoms with van der Waals surface area (Å²) >= 11 is 5.91. The third kappa shape index (κ3) is 4.62. The van der Waals surface area contributed by atoms with Crippen molar-refractivity contribution in [1.82, 2.24) is 15.1 Å². The minimum Gasteiger partial charge on any atom is -0.361 e. The molecule has 0 aliphatic heterocycles. The Bertz CT molecular complexity index is 939. The highest BCUT2D eigenvalue weighted by Gasteiger charge is 2.40. The van der Waals surface area contributed by atoms with Crippen LogP contribution in [-0.4, -0.2) is 27.9 Å². The van der Waals surface area contributed by atoms with Gasteiger partial charge in [-0.25, -0.2) is 4.68 Å². The lowest BCUT2D eigenvalue weighted by Crippen LogP contribution is -2.35. The molecule has 1 aliphatic rings. The number of halogens is 1. The molecule has 1 fully saturated rings. The Kier molecular flexibility index (Phi) is 5.71. The number of carbonyl (C=O) groups excluding carboxylic acids is 1.